The number of likely N-dealkylation sites (N-methyl/N-ethyl adjacent to an activating group) is 4. The van der Waals surface area contributed by atoms with Crippen molar-refractivity contribution in [3.05, 3.63) is 83.5 Å². The highest BCUT2D eigenvalue weighted by atomic mass is 16.2. The van der Waals surface area contributed by atoms with E-state index in [4.69, 9.17) is 0 Å². The minimum Gasteiger partial charge on any atom is -0.344 e. The zero-order valence-corrected chi connectivity index (χ0v) is 54.3. The van der Waals surface area contributed by atoms with E-state index in [2.05, 4.69) is 27.8 Å². The van der Waals surface area contributed by atoms with E-state index in [0.29, 0.717) is 62.8 Å². The van der Waals surface area contributed by atoms with E-state index in [1.165, 1.54) is 59.6 Å². The molecule has 4 aliphatic rings. The van der Waals surface area contributed by atoms with Crippen molar-refractivity contribution in [1.29, 1.82) is 0 Å². The number of piperidine rings is 1. The second-order valence-corrected chi connectivity index (χ2v) is 25.8. The number of hydrogen-bond acceptors (Lipinski definition) is 10. The van der Waals surface area contributed by atoms with Crippen LogP contribution in [0.4, 0.5) is 0 Å². The van der Waals surface area contributed by atoms with E-state index in [9.17, 15) is 47.9 Å². The summed E-state index contributed by atoms with van der Waals surface area (Å²) >= 11 is 0. The van der Waals surface area contributed by atoms with Gasteiger partial charge in [0, 0.05) is 60.7 Å². The summed E-state index contributed by atoms with van der Waals surface area (Å²) in [5.74, 6) is -5.88. The van der Waals surface area contributed by atoms with Crippen LogP contribution in [0.25, 0.3) is 0 Å². The van der Waals surface area contributed by atoms with Gasteiger partial charge in [-0.15, -0.1) is 0 Å². The molecule has 0 spiro atoms. The first kappa shape index (κ1) is 70.6. The van der Waals surface area contributed by atoms with E-state index in [1.807, 2.05) is 84.0 Å². The number of fused-ring (bicyclic) bond motifs is 2. The lowest BCUT2D eigenvalue weighted by atomic mass is 9.93. The van der Waals surface area contributed by atoms with Crippen molar-refractivity contribution < 1.29 is 47.9 Å². The molecule has 2 saturated heterocycles. The Morgan fingerprint density at radius 2 is 1.28 bits per heavy atom. The molecule has 4 N–H and O–H groups in total. The van der Waals surface area contributed by atoms with Crippen molar-refractivity contribution in [2.24, 2.45) is 23.7 Å². The third-order valence-corrected chi connectivity index (χ3v) is 17.5. The van der Waals surface area contributed by atoms with Crippen molar-refractivity contribution in [3.63, 3.8) is 0 Å². The van der Waals surface area contributed by atoms with E-state index in [1.54, 1.807) is 30.9 Å². The number of carbonyl (C=O) groups is 10. The lowest BCUT2D eigenvalue weighted by molar-refractivity contribution is -0.150. The van der Waals surface area contributed by atoms with Crippen LogP contribution in [0, 0.1) is 23.7 Å². The van der Waals surface area contributed by atoms with Gasteiger partial charge >= 0.3 is 0 Å². The second-order valence-electron chi connectivity index (χ2n) is 25.8. The van der Waals surface area contributed by atoms with Gasteiger partial charge < -0.3 is 50.7 Å². The highest BCUT2D eigenvalue weighted by molar-refractivity contribution is 5.98. The van der Waals surface area contributed by atoms with E-state index in [0.717, 1.165) is 30.4 Å². The average molecular weight is 1210 g/mol. The zero-order chi connectivity index (χ0) is 64.4. The largest absolute Gasteiger partial charge is 0.344 e. The van der Waals surface area contributed by atoms with Crippen LogP contribution in [0.5, 0.6) is 0 Å². The van der Waals surface area contributed by atoms with E-state index < -0.39 is 108 Å². The molecule has 3 heterocycles. The van der Waals surface area contributed by atoms with Crippen LogP contribution in [0.3, 0.4) is 0 Å². The Morgan fingerprint density at radius 1 is 0.644 bits per heavy atom. The van der Waals surface area contributed by atoms with Crippen molar-refractivity contribution in [3.8, 4) is 0 Å². The fraction of sp³-hybridized carbons (Fsp3) is 0.642. The summed E-state index contributed by atoms with van der Waals surface area (Å²) in [6.45, 7) is 21.8. The molecule has 87 heavy (non-hydrogen) atoms. The molecule has 20 heteroatoms. The Morgan fingerprint density at radius 3 is 1.91 bits per heavy atom. The molecular weight excluding hydrogens is 1100 g/mol. The highest BCUT2D eigenvalue weighted by Crippen LogP contribution is 2.28. The third kappa shape index (κ3) is 19.7. The highest BCUT2D eigenvalue weighted by Gasteiger charge is 2.44. The Hall–Kier alpha value is -7.12. The maximum Gasteiger partial charge on any atom is 0.245 e. The zero-order valence-electron chi connectivity index (χ0n) is 54.3. The lowest BCUT2D eigenvalue weighted by Crippen LogP contribution is -2.60. The van der Waals surface area contributed by atoms with Gasteiger partial charge in [0.1, 0.15) is 48.3 Å². The summed E-state index contributed by atoms with van der Waals surface area (Å²) in [5, 5.41) is 11.8. The SMILES string of the molecule is C=C1CCC(=O)N[C@@H](CC(C)C)C(=O)N2CCC[C@H]2C(=O)N(C)[C@@H](C(C)C)C(=O)N[C@@H](Cc2ccccc2)C(=O)N(C)CC(=O)N(C)[C@@H](CC(C)C)C(=O)N[C@@H](C)C(=O)N(C)[C@@H]([C@@H](C)CC)C(=O)N[C@H](C(=O)N2CCCCC2)CC2=C/C=C\1C/C=C\C2. The maximum absolute atomic E-state index is 14.8. The number of benzene rings is 1. The molecule has 0 radical (unpaired) electrons. The van der Waals surface area contributed by atoms with Crippen LogP contribution in [0.2, 0.25) is 0 Å². The van der Waals surface area contributed by atoms with Gasteiger partial charge in [-0.3, -0.25) is 47.9 Å². The quantitative estimate of drug-likeness (QED) is 0.203. The fourth-order valence-electron chi connectivity index (χ4n) is 12.3. The summed E-state index contributed by atoms with van der Waals surface area (Å²) in [5.41, 5.74) is 3.17. The van der Waals surface area contributed by atoms with Gasteiger partial charge in [-0.1, -0.05) is 134 Å². The number of hydrogen-bond donors (Lipinski definition) is 4. The monoisotopic (exact) mass is 1210 g/mol. The van der Waals surface area contributed by atoms with E-state index >= 15 is 0 Å². The molecule has 0 saturated carbocycles. The predicted molar refractivity (Wildman–Crippen MR) is 337 cm³/mol. The number of rotatable bonds is 10. The second kappa shape index (κ2) is 33.3. The molecule has 0 aromatic heterocycles. The number of allylic oxidation sites excluding steroid dienone is 6. The summed E-state index contributed by atoms with van der Waals surface area (Å²) in [6, 6.07) is 0.622. The van der Waals surface area contributed by atoms with Gasteiger partial charge in [-0.25, -0.2) is 0 Å². The molecule has 9 atom stereocenters. The number of nitrogens with one attached hydrogen (secondary N) is 4. The van der Waals surface area contributed by atoms with Crippen LogP contribution < -0.4 is 21.3 Å². The van der Waals surface area contributed by atoms with Gasteiger partial charge in [0.25, 0.3) is 0 Å². The fourth-order valence-corrected chi connectivity index (χ4v) is 12.3. The summed E-state index contributed by atoms with van der Waals surface area (Å²) in [7, 11) is 5.93. The predicted octanol–water partition coefficient (Wildman–Crippen LogP) is 5.87. The first-order valence-electron chi connectivity index (χ1n) is 31.7. The van der Waals surface area contributed by atoms with Gasteiger partial charge in [-0.05, 0) is 112 Å². The molecule has 10 amide bonds. The lowest BCUT2D eigenvalue weighted by Gasteiger charge is -2.36. The third-order valence-electron chi connectivity index (χ3n) is 17.5. The number of amides is 10. The molecule has 3 aliphatic heterocycles. The molecule has 1 aromatic carbocycles. The average Bonchev–Trinajstić information content (AvgIpc) is 2.49. The van der Waals surface area contributed by atoms with Crippen LogP contribution >= 0.6 is 0 Å². The minimum absolute atomic E-state index is 0.00227. The number of nitrogens with zero attached hydrogens (tertiary/aromatic N) is 6. The Kier molecular flexibility index (Phi) is 27.0. The van der Waals surface area contributed by atoms with Gasteiger partial charge in [0.05, 0.1) is 6.54 Å². The summed E-state index contributed by atoms with van der Waals surface area (Å²) < 4.78 is 0. The van der Waals surface area contributed by atoms with E-state index in [-0.39, 0.29) is 68.2 Å². The molecule has 20 nitrogen and oxygen atoms in total. The van der Waals surface area contributed by atoms with Crippen LogP contribution in [-0.2, 0) is 54.4 Å². The minimum atomic E-state index is -1.21. The standard InChI is InChI=1S/C67H102N10O10/c1-15-45(8)59-62(82)71-53(65(85)76-34-22-17-23-35-76)40-49-27-20-21-28-50(32-31-49)46(9)30-33-56(78)69-51(37-42(2)3)66(86)77-36-24-29-54(77)67(87)74(13)58(44(6)7)61(81)70-52(39-48-25-18-16-19-26-48)64(84)72(11)41-57(79)73(12)55(38-43(4)5)60(80)68-47(10)63(83)75(59)14/h16,18-21,25-26,31-32,42-45,47,51-55,58-59H,9,15,17,22-24,27-30,33-41H2,1-8,10-14H3,(H,68,80)(H,69,78)(H,70,81)(H,71,82)/b21-20-,49-31?,50-32-/t45-,47-,51-,52-,53-,54-,55-,58-,59-/m0/s1. The van der Waals surface area contributed by atoms with Gasteiger partial charge in [-0.2, -0.15) is 0 Å². The Labute approximate surface area is 517 Å². The van der Waals surface area contributed by atoms with Crippen molar-refractivity contribution in [1.82, 2.24) is 50.7 Å². The topological polar surface area (TPSA) is 238 Å². The first-order valence-corrected chi connectivity index (χ1v) is 31.7. The molecule has 0 unspecified atom stereocenters. The smallest absolute Gasteiger partial charge is 0.245 e. The molecule has 480 valence electrons. The molecular formula is C67H102N10O10. The van der Waals surface area contributed by atoms with Crippen LogP contribution in [-0.4, -0.2) is 191 Å². The van der Waals surface area contributed by atoms with Crippen molar-refractivity contribution >= 4 is 59.1 Å². The van der Waals surface area contributed by atoms with Crippen molar-refractivity contribution in [2.45, 2.75) is 201 Å². The number of carbonyl (C=O) groups excluding carboxylic acids is 10. The van der Waals surface area contributed by atoms with Gasteiger partial charge in [0.15, 0.2) is 0 Å². The molecule has 1 aliphatic carbocycles. The first-order chi connectivity index (χ1) is 41.1. The van der Waals surface area contributed by atoms with Crippen molar-refractivity contribution in [2.75, 3.05) is 54.4 Å². The Balaban J connectivity index is 1.55. The molecule has 1 aromatic rings. The molecule has 5 rings (SSSR count). The maximum atomic E-state index is 14.8. The molecule has 2 fully saturated rings. The Bertz CT molecular complexity index is 2720. The summed E-state index contributed by atoms with van der Waals surface area (Å²) in [6.07, 6.45) is 14.0. The molecule has 2 bridgehead atoms. The van der Waals surface area contributed by atoms with Gasteiger partial charge in [0.2, 0.25) is 59.1 Å². The normalized spacial score (nSPS) is 27.4. The summed E-state index contributed by atoms with van der Waals surface area (Å²) in [4.78, 5) is 154. The van der Waals surface area contributed by atoms with Crippen LogP contribution in [0.1, 0.15) is 151 Å². The number of likely N-dealkylation sites (tertiary alicyclic amines) is 1. The van der Waals surface area contributed by atoms with Crippen LogP contribution in [0.15, 0.2) is 77.9 Å².